The predicted octanol–water partition coefficient (Wildman–Crippen LogP) is 5.63. The number of hydrogen-bond acceptors (Lipinski definition) is 7. The second-order valence-corrected chi connectivity index (χ2v) is 7.75. The lowest BCUT2D eigenvalue weighted by molar-refractivity contribution is -0.106. The lowest BCUT2D eigenvalue weighted by atomic mass is 10.0. The monoisotopic (exact) mass is 460 g/mol. The summed E-state index contributed by atoms with van der Waals surface area (Å²) in [5.41, 5.74) is 2.38. The van der Waals surface area contributed by atoms with Gasteiger partial charge in [-0.15, -0.1) is 11.3 Å². The largest absolute Gasteiger partial charge is 0.490 e. The number of aldehydes is 1. The molecule has 1 aromatic carbocycles. The van der Waals surface area contributed by atoms with Gasteiger partial charge in [0, 0.05) is 24.5 Å². The fourth-order valence-corrected chi connectivity index (χ4v) is 4.37. The van der Waals surface area contributed by atoms with Crippen LogP contribution in [0.5, 0.6) is 5.75 Å². The number of likely N-dealkylation sites (N-methyl/N-ethyl adjacent to an activating group) is 1. The lowest BCUT2D eigenvalue weighted by Crippen LogP contribution is -2.28. The van der Waals surface area contributed by atoms with Gasteiger partial charge in [0.15, 0.2) is 0 Å². The van der Waals surface area contributed by atoms with Gasteiger partial charge >= 0.3 is 5.97 Å². The smallest absolute Gasteiger partial charge is 0.341 e. The lowest BCUT2D eigenvalue weighted by Gasteiger charge is -2.19. The molecule has 1 N–H and O–H groups in total. The Morgan fingerprint density at radius 1 is 1.22 bits per heavy atom. The minimum atomic E-state index is -0.322. The molecule has 7 heteroatoms. The minimum Gasteiger partial charge on any atom is -0.490 e. The fourth-order valence-electron chi connectivity index (χ4n) is 3.22. The van der Waals surface area contributed by atoms with Crippen molar-refractivity contribution < 1.29 is 19.1 Å². The molecule has 176 valence electrons. The molecule has 0 spiro atoms. The van der Waals surface area contributed by atoms with Crippen molar-refractivity contribution in [1.82, 2.24) is 4.90 Å². The van der Waals surface area contributed by atoms with Gasteiger partial charge in [0.2, 0.25) is 0 Å². The van der Waals surface area contributed by atoms with Gasteiger partial charge in [-0.2, -0.15) is 0 Å². The average Bonchev–Trinajstić information content (AvgIpc) is 3.16. The van der Waals surface area contributed by atoms with E-state index in [1.807, 2.05) is 45.2 Å². The molecule has 0 saturated heterocycles. The van der Waals surface area contributed by atoms with Crippen LogP contribution in [0.25, 0.3) is 15.7 Å². The van der Waals surface area contributed by atoms with Crippen LogP contribution in [0.4, 0.5) is 5.00 Å². The highest BCUT2D eigenvalue weighted by molar-refractivity contribution is 7.23. The third kappa shape index (κ3) is 6.93. The maximum Gasteiger partial charge on any atom is 0.341 e. The molecule has 32 heavy (non-hydrogen) atoms. The second-order valence-electron chi connectivity index (χ2n) is 6.73. The van der Waals surface area contributed by atoms with Crippen molar-refractivity contribution in [2.75, 3.05) is 45.2 Å². The highest BCUT2D eigenvalue weighted by Crippen LogP contribution is 2.44. The quantitative estimate of drug-likeness (QED) is 0.266. The first-order valence-corrected chi connectivity index (χ1v) is 11.8. The van der Waals surface area contributed by atoms with Crippen molar-refractivity contribution in [2.24, 2.45) is 0 Å². The highest BCUT2D eigenvalue weighted by Gasteiger charge is 2.23. The van der Waals surface area contributed by atoms with Crippen LogP contribution in [0.15, 0.2) is 30.9 Å². The first-order chi connectivity index (χ1) is 15.4. The Bertz CT molecular complexity index is 930. The third-order valence-corrected chi connectivity index (χ3v) is 6.00. The van der Waals surface area contributed by atoms with E-state index in [1.165, 1.54) is 18.3 Å². The van der Waals surface area contributed by atoms with Gasteiger partial charge in [0.25, 0.3) is 0 Å². The average molecular weight is 461 g/mol. The zero-order valence-corrected chi connectivity index (χ0v) is 20.9. The Kier molecular flexibility index (Phi) is 12.4. The van der Waals surface area contributed by atoms with Crippen LogP contribution in [-0.4, -0.2) is 57.1 Å². The van der Waals surface area contributed by atoms with Gasteiger partial charge in [0.05, 0.1) is 11.3 Å². The zero-order chi connectivity index (χ0) is 24.1. The molecule has 0 atom stereocenters. The Morgan fingerprint density at radius 3 is 2.41 bits per heavy atom. The molecule has 0 aliphatic carbocycles. The first kappa shape index (κ1) is 27.4. The summed E-state index contributed by atoms with van der Waals surface area (Å²) in [6, 6.07) is 3.94. The topological polar surface area (TPSA) is 67.9 Å². The zero-order valence-electron chi connectivity index (χ0n) is 20.1. The summed E-state index contributed by atoms with van der Waals surface area (Å²) in [6.45, 7) is 17.4. The van der Waals surface area contributed by atoms with Crippen molar-refractivity contribution in [3.63, 3.8) is 0 Å². The summed E-state index contributed by atoms with van der Waals surface area (Å²) in [6.07, 6.45) is 4.68. The number of carbonyl (C=O) groups is 2. The number of benzene rings is 1. The number of thiophene rings is 1. The predicted molar refractivity (Wildman–Crippen MR) is 136 cm³/mol. The molecule has 6 nitrogen and oxygen atoms in total. The van der Waals surface area contributed by atoms with E-state index in [-0.39, 0.29) is 5.97 Å². The summed E-state index contributed by atoms with van der Waals surface area (Å²) in [7, 11) is 1.81. The Morgan fingerprint density at radius 2 is 1.88 bits per heavy atom. The van der Waals surface area contributed by atoms with E-state index in [4.69, 9.17) is 14.3 Å². The Hall–Kier alpha value is -2.64. The fraction of sp³-hybridized carbons (Fsp3) is 0.440. The van der Waals surface area contributed by atoms with E-state index < -0.39 is 0 Å². The van der Waals surface area contributed by atoms with Crippen LogP contribution in [-0.2, 0) is 9.53 Å². The number of allylic oxidation sites excluding steroid dienone is 3. The summed E-state index contributed by atoms with van der Waals surface area (Å²) in [5, 5.41) is 4.75. The van der Waals surface area contributed by atoms with E-state index in [2.05, 4.69) is 30.6 Å². The van der Waals surface area contributed by atoms with E-state index in [0.29, 0.717) is 18.8 Å². The summed E-state index contributed by atoms with van der Waals surface area (Å²) >= 11 is 1.51. The molecular weight excluding hydrogens is 424 g/mol. The van der Waals surface area contributed by atoms with Gasteiger partial charge in [0.1, 0.15) is 29.2 Å². The maximum atomic E-state index is 12.6. The summed E-state index contributed by atoms with van der Waals surface area (Å²) in [4.78, 5) is 23.7. The number of nitrogens with zero attached hydrogens (tertiary/aromatic N) is 1. The Labute approximate surface area is 195 Å². The SMILES string of the molecule is C=C(/C=C/C)c1ccc2c(C(=O)OCC)c(NC)sc2c1OCCN(CC)CC.CC=O. The minimum absolute atomic E-state index is 0.322. The van der Waals surface area contributed by atoms with Gasteiger partial charge in [-0.05, 0) is 45.5 Å². The van der Waals surface area contributed by atoms with Gasteiger partial charge in [-0.3, -0.25) is 0 Å². The number of hydrogen-bond donors (Lipinski definition) is 1. The van der Waals surface area contributed by atoms with E-state index in [0.717, 1.165) is 57.9 Å². The molecule has 1 aromatic heterocycles. The standard InChI is InChI=1S/C23H32N2O3S.C2H4O/c1-7-11-16(5)17-12-13-18-19(23(26)27-10-4)22(24-6)29-21(18)20(17)28-15-14-25(8-2)9-3;1-2-3/h7,11-13,24H,5,8-10,14-15H2,1-4,6H3;2H,1H3/b11-7+;. The third-order valence-electron chi connectivity index (χ3n) is 4.78. The molecular formula is C25H36N2O4S. The molecule has 0 bridgehead atoms. The first-order valence-electron chi connectivity index (χ1n) is 10.9. The van der Waals surface area contributed by atoms with E-state index >= 15 is 0 Å². The van der Waals surface area contributed by atoms with Gasteiger partial charge < -0.3 is 24.5 Å². The number of anilines is 1. The van der Waals surface area contributed by atoms with Crippen LogP contribution in [0.2, 0.25) is 0 Å². The van der Waals surface area contributed by atoms with Crippen molar-refractivity contribution in [3.05, 3.63) is 42.0 Å². The summed E-state index contributed by atoms with van der Waals surface area (Å²) in [5.74, 6) is 0.451. The number of rotatable bonds is 11. The molecule has 1 heterocycles. The van der Waals surface area contributed by atoms with Crippen molar-refractivity contribution in [1.29, 1.82) is 0 Å². The number of ether oxygens (including phenoxy) is 2. The Balaban J connectivity index is 0.00000161. The van der Waals surface area contributed by atoms with Crippen LogP contribution >= 0.6 is 11.3 Å². The molecule has 0 aliphatic heterocycles. The second kappa shape index (κ2) is 14.4. The maximum absolute atomic E-state index is 12.6. The van der Waals surface area contributed by atoms with Gasteiger partial charge in [-0.1, -0.05) is 38.6 Å². The van der Waals surface area contributed by atoms with Crippen molar-refractivity contribution in [2.45, 2.75) is 34.6 Å². The highest BCUT2D eigenvalue weighted by atomic mass is 32.1. The number of nitrogens with one attached hydrogen (secondary N) is 1. The normalized spacial score (nSPS) is 10.7. The van der Waals surface area contributed by atoms with Crippen LogP contribution in [0, 0.1) is 0 Å². The van der Waals surface area contributed by atoms with Crippen LogP contribution in [0.3, 0.4) is 0 Å². The molecule has 2 aromatic rings. The summed E-state index contributed by atoms with van der Waals surface area (Å²) < 4.78 is 12.5. The van der Waals surface area contributed by atoms with E-state index in [1.54, 1.807) is 0 Å². The number of fused-ring (bicyclic) bond motifs is 1. The van der Waals surface area contributed by atoms with E-state index in [9.17, 15) is 4.79 Å². The number of esters is 1. The molecule has 0 saturated carbocycles. The molecule has 0 radical (unpaired) electrons. The molecule has 0 aliphatic rings. The number of carbonyl (C=O) groups excluding carboxylic acids is 2. The van der Waals surface area contributed by atoms with Crippen molar-refractivity contribution in [3.8, 4) is 5.75 Å². The molecule has 2 rings (SSSR count). The van der Waals surface area contributed by atoms with Crippen LogP contribution in [0.1, 0.15) is 50.5 Å². The molecule has 0 unspecified atom stereocenters. The molecule has 0 fully saturated rings. The van der Waals surface area contributed by atoms with Gasteiger partial charge in [-0.25, -0.2) is 4.79 Å². The van der Waals surface area contributed by atoms with Crippen LogP contribution < -0.4 is 10.1 Å². The van der Waals surface area contributed by atoms with Crippen molar-refractivity contribution >= 4 is 44.3 Å². The molecule has 0 amide bonds.